The van der Waals surface area contributed by atoms with Crippen LogP contribution >= 0.6 is 11.6 Å². The van der Waals surface area contributed by atoms with Crippen LogP contribution < -0.4 is 5.32 Å². The summed E-state index contributed by atoms with van der Waals surface area (Å²) in [6, 6.07) is 23.2. The van der Waals surface area contributed by atoms with Gasteiger partial charge in [-0.3, -0.25) is 0 Å². The first-order chi connectivity index (χ1) is 18.4. The lowest BCUT2D eigenvalue weighted by atomic mass is 9.83. The van der Waals surface area contributed by atoms with Gasteiger partial charge in [0, 0.05) is 47.0 Å². The number of rotatable bonds is 7. The average Bonchev–Trinajstić information content (AvgIpc) is 3.46. The molecular weight excluding hydrogens is 499 g/mol. The van der Waals surface area contributed by atoms with Crippen molar-refractivity contribution in [3.63, 3.8) is 0 Å². The van der Waals surface area contributed by atoms with Crippen LogP contribution in [0.5, 0.6) is 0 Å². The number of aliphatic hydroxyl groups is 1. The topological polar surface area (TPSA) is 73.9 Å². The van der Waals surface area contributed by atoms with Gasteiger partial charge in [-0.2, -0.15) is 10.4 Å². The lowest BCUT2D eigenvalue weighted by Gasteiger charge is -2.34. The van der Waals surface area contributed by atoms with Crippen LogP contribution in [0.25, 0.3) is 16.8 Å². The van der Waals surface area contributed by atoms with Crippen molar-refractivity contribution in [1.82, 2.24) is 15.1 Å². The Labute approximate surface area is 227 Å². The molecule has 1 atom stereocenters. The molecule has 7 heteroatoms. The van der Waals surface area contributed by atoms with Gasteiger partial charge in [-0.05, 0) is 74.1 Å². The van der Waals surface area contributed by atoms with Gasteiger partial charge in [0.05, 0.1) is 17.2 Å². The van der Waals surface area contributed by atoms with Crippen molar-refractivity contribution in [2.75, 3.05) is 6.54 Å². The summed E-state index contributed by atoms with van der Waals surface area (Å²) in [5.41, 5.74) is 2.61. The van der Waals surface area contributed by atoms with Gasteiger partial charge in [-0.25, -0.2) is 9.07 Å². The molecule has 0 aliphatic heterocycles. The molecular formula is C31H30ClFN4O. The van der Waals surface area contributed by atoms with Gasteiger partial charge in [-0.15, -0.1) is 0 Å². The fourth-order valence-electron chi connectivity index (χ4n) is 5.30. The van der Waals surface area contributed by atoms with E-state index in [0.29, 0.717) is 23.2 Å². The quantitative estimate of drug-likeness (QED) is 0.283. The molecule has 5 rings (SSSR count). The van der Waals surface area contributed by atoms with E-state index < -0.39 is 11.4 Å². The Bertz CT molecular complexity index is 1440. The Morgan fingerprint density at radius 3 is 2.58 bits per heavy atom. The maximum absolute atomic E-state index is 16.0. The highest BCUT2D eigenvalue weighted by molar-refractivity contribution is 6.33. The first-order valence-electron chi connectivity index (χ1n) is 12.9. The van der Waals surface area contributed by atoms with Crippen LogP contribution in [0, 0.1) is 17.1 Å². The van der Waals surface area contributed by atoms with E-state index in [1.165, 1.54) is 4.68 Å². The predicted octanol–water partition coefficient (Wildman–Crippen LogP) is 6.62. The molecule has 1 saturated carbocycles. The molecule has 1 aliphatic rings. The second kappa shape index (κ2) is 11.1. The molecule has 1 unspecified atom stereocenters. The van der Waals surface area contributed by atoms with Crippen LogP contribution in [0.2, 0.25) is 5.02 Å². The monoisotopic (exact) mass is 528 g/mol. The van der Waals surface area contributed by atoms with Crippen LogP contribution in [-0.2, 0) is 0 Å². The minimum atomic E-state index is -0.588. The highest BCUT2D eigenvalue weighted by atomic mass is 35.5. The Kier molecular flexibility index (Phi) is 7.62. The molecule has 38 heavy (non-hydrogen) atoms. The van der Waals surface area contributed by atoms with Crippen molar-refractivity contribution >= 4 is 11.6 Å². The number of nitrogens with one attached hydrogen (secondary N) is 1. The zero-order chi connectivity index (χ0) is 26.7. The first kappa shape index (κ1) is 26.1. The molecule has 0 spiro atoms. The number of nitrogens with zero attached hydrogens (tertiary/aromatic N) is 3. The second-order valence-electron chi connectivity index (χ2n) is 10.3. The number of benzene rings is 3. The summed E-state index contributed by atoms with van der Waals surface area (Å²) >= 11 is 6.65. The summed E-state index contributed by atoms with van der Waals surface area (Å²) in [5.74, 6) is -0.562. The van der Waals surface area contributed by atoms with Gasteiger partial charge >= 0.3 is 0 Å². The number of halogens is 2. The molecule has 3 aromatic carbocycles. The second-order valence-corrected chi connectivity index (χ2v) is 10.7. The Morgan fingerprint density at radius 2 is 1.89 bits per heavy atom. The van der Waals surface area contributed by atoms with E-state index in [4.69, 9.17) is 11.6 Å². The molecule has 0 radical (unpaired) electrons. The number of hydrogen-bond acceptors (Lipinski definition) is 4. The third-order valence-electron chi connectivity index (χ3n) is 7.53. The minimum Gasteiger partial charge on any atom is -0.390 e. The lowest BCUT2D eigenvalue weighted by Crippen LogP contribution is -2.41. The number of nitriles is 1. The number of hydrogen-bond donors (Lipinski definition) is 2. The molecule has 5 nitrogen and oxygen atoms in total. The van der Waals surface area contributed by atoms with Crippen molar-refractivity contribution in [2.45, 2.75) is 50.2 Å². The fourth-order valence-corrected chi connectivity index (χ4v) is 5.51. The summed E-state index contributed by atoms with van der Waals surface area (Å²) in [4.78, 5) is 0. The molecule has 0 saturated heterocycles. The standard InChI is InChI=1S/C31H30ClFN4O/c1-31(38)14-12-24(13-15-31)35-20-26(21-6-3-2-4-7-21)22-8-10-27(32)25(18-22)29-23(19-34)9-11-28(30(29)33)37-17-5-16-36-37/h2-11,16-18,24,26,35,38H,12-15,20H2,1H3. The van der Waals surface area contributed by atoms with Crippen molar-refractivity contribution < 1.29 is 9.50 Å². The summed E-state index contributed by atoms with van der Waals surface area (Å²) < 4.78 is 17.4. The van der Waals surface area contributed by atoms with E-state index in [2.05, 4.69) is 28.6 Å². The van der Waals surface area contributed by atoms with Crippen LogP contribution in [0.15, 0.2) is 79.1 Å². The van der Waals surface area contributed by atoms with Crippen LogP contribution in [-0.4, -0.2) is 33.1 Å². The van der Waals surface area contributed by atoms with Gasteiger partial charge in [0.25, 0.3) is 0 Å². The van der Waals surface area contributed by atoms with Gasteiger partial charge in [-0.1, -0.05) is 48.0 Å². The summed E-state index contributed by atoms with van der Waals surface area (Å²) in [7, 11) is 0. The number of aromatic nitrogens is 2. The SMILES string of the molecule is CC1(O)CCC(NCC(c2ccccc2)c2ccc(Cl)c(-c3c(C#N)ccc(-n4cccn4)c3F)c2)CC1. The molecule has 1 aromatic heterocycles. The first-order valence-corrected chi connectivity index (χ1v) is 13.3. The Balaban J connectivity index is 1.53. The van der Waals surface area contributed by atoms with Crippen molar-refractivity contribution in [3.8, 4) is 22.9 Å². The van der Waals surface area contributed by atoms with Gasteiger partial charge < -0.3 is 10.4 Å². The predicted molar refractivity (Wildman–Crippen MR) is 148 cm³/mol. The average molecular weight is 529 g/mol. The molecule has 0 amide bonds. The largest absolute Gasteiger partial charge is 0.390 e. The van der Waals surface area contributed by atoms with E-state index in [1.54, 1.807) is 36.7 Å². The molecule has 1 aliphatic carbocycles. The molecule has 2 N–H and O–H groups in total. The van der Waals surface area contributed by atoms with Crippen molar-refractivity contribution in [1.29, 1.82) is 5.26 Å². The third-order valence-corrected chi connectivity index (χ3v) is 7.86. The summed E-state index contributed by atoms with van der Waals surface area (Å²) in [5, 5.41) is 28.4. The molecule has 1 fully saturated rings. The fraction of sp³-hybridized carbons (Fsp3) is 0.290. The van der Waals surface area contributed by atoms with Crippen molar-refractivity contribution in [3.05, 3.63) is 107 Å². The van der Waals surface area contributed by atoms with Crippen LogP contribution in [0.4, 0.5) is 4.39 Å². The van der Waals surface area contributed by atoms with Gasteiger partial charge in [0.2, 0.25) is 0 Å². The van der Waals surface area contributed by atoms with E-state index in [-0.39, 0.29) is 22.7 Å². The lowest BCUT2D eigenvalue weighted by molar-refractivity contribution is 0.0141. The zero-order valence-corrected chi connectivity index (χ0v) is 22.0. The van der Waals surface area contributed by atoms with Gasteiger partial charge in [0.1, 0.15) is 5.69 Å². The Hall–Kier alpha value is -3.50. The summed E-state index contributed by atoms with van der Waals surface area (Å²) in [6.07, 6.45) is 6.61. The molecule has 194 valence electrons. The molecule has 1 heterocycles. The van der Waals surface area contributed by atoms with E-state index in [1.807, 2.05) is 37.3 Å². The molecule has 0 bridgehead atoms. The van der Waals surface area contributed by atoms with Crippen LogP contribution in [0.1, 0.15) is 55.2 Å². The highest BCUT2D eigenvalue weighted by Gasteiger charge is 2.29. The van der Waals surface area contributed by atoms with E-state index in [9.17, 15) is 10.4 Å². The maximum atomic E-state index is 16.0. The maximum Gasteiger partial charge on any atom is 0.158 e. The normalized spacial score (nSPS) is 20.1. The summed E-state index contributed by atoms with van der Waals surface area (Å²) in [6.45, 7) is 2.58. The van der Waals surface area contributed by atoms with Gasteiger partial charge in [0.15, 0.2) is 5.82 Å². The third kappa shape index (κ3) is 5.51. The Morgan fingerprint density at radius 1 is 1.13 bits per heavy atom. The van der Waals surface area contributed by atoms with E-state index >= 15 is 4.39 Å². The van der Waals surface area contributed by atoms with Crippen LogP contribution in [0.3, 0.4) is 0 Å². The smallest absolute Gasteiger partial charge is 0.158 e. The molecule has 4 aromatic rings. The van der Waals surface area contributed by atoms with Crippen molar-refractivity contribution in [2.24, 2.45) is 0 Å². The minimum absolute atomic E-state index is 0.0162. The highest BCUT2D eigenvalue weighted by Crippen LogP contribution is 2.38. The zero-order valence-electron chi connectivity index (χ0n) is 21.2. The van der Waals surface area contributed by atoms with E-state index in [0.717, 1.165) is 36.8 Å².